The highest BCUT2D eigenvalue weighted by molar-refractivity contribution is 9.10. The Morgan fingerprint density at radius 3 is 2.78 bits per heavy atom. The largest absolute Gasteiger partial charge is 0.305 e. The molecule has 1 unspecified atom stereocenters. The van der Waals surface area contributed by atoms with Gasteiger partial charge in [-0.2, -0.15) is 11.3 Å². The van der Waals surface area contributed by atoms with Crippen molar-refractivity contribution in [2.75, 3.05) is 6.54 Å². The minimum atomic E-state index is 0.126. The lowest BCUT2D eigenvalue weighted by atomic mass is 10.1. The summed E-state index contributed by atoms with van der Waals surface area (Å²) in [5.74, 6) is 0. The lowest BCUT2D eigenvalue weighted by molar-refractivity contribution is 0.584. The van der Waals surface area contributed by atoms with Crippen LogP contribution in [0.5, 0.6) is 0 Å². The Hall–Kier alpha value is -0.230. The van der Waals surface area contributed by atoms with E-state index in [0.717, 1.165) is 27.6 Å². The zero-order valence-electron chi connectivity index (χ0n) is 9.99. The molecule has 2 nitrogen and oxygen atoms in total. The van der Waals surface area contributed by atoms with Crippen LogP contribution in [0.25, 0.3) is 0 Å². The summed E-state index contributed by atoms with van der Waals surface area (Å²) in [4.78, 5) is 4.50. The second-order valence-electron chi connectivity index (χ2n) is 3.93. The summed E-state index contributed by atoms with van der Waals surface area (Å²) in [6.07, 6.45) is 2.93. The second kappa shape index (κ2) is 6.80. The van der Waals surface area contributed by atoms with Gasteiger partial charge in [0.05, 0.1) is 11.7 Å². The van der Waals surface area contributed by atoms with Gasteiger partial charge in [0.1, 0.15) is 0 Å². The van der Waals surface area contributed by atoms with Gasteiger partial charge in [0.25, 0.3) is 0 Å². The quantitative estimate of drug-likeness (QED) is 0.797. The molecule has 1 atom stereocenters. The highest BCUT2D eigenvalue weighted by Crippen LogP contribution is 2.33. The molecule has 0 amide bonds. The van der Waals surface area contributed by atoms with Gasteiger partial charge in [0.2, 0.25) is 0 Å². The van der Waals surface area contributed by atoms with E-state index in [1.54, 1.807) is 11.3 Å². The van der Waals surface area contributed by atoms with Crippen molar-refractivity contribution in [3.05, 3.63) is 49.3 Å². The molecule has 0 radical (unpaired) electrons. The minimum absolute atomic E-state index is 0.126. The fourth-order valence-corrected chi connectivity index (χ4v) is 3.79. The highest BCUT2D eigenvalue weighted by atomic mass is 79.9. The zero-order valence-corrected chi connectivity index (χ0v) is 14.0. The number of halogens is 2. The first-order valence-corrected chi connectivity index (χ1v) is 8.32. The summed E-state index contributed by atoms with van der Waals surface area (Å²) < 4.78 is 2.18. The van der Waals surface area contributed by atoms with E-state index in [1.807, 2.05) is 18.3 Å². The predicted octanol–water partition coefficient (Wildman–Crippen LogP) is 4.76. The van der Waals surface area contributed by atoms with Crippen molar-refractivity contribution in [3.8, 4) is 0 Å². The van der Waals surface area contributed by atoms with Crippen LogP contribution in [0.4, 0.5) is 0 Å². The summed E-state index contributed by atoms with van der Waals surface area (Å²) in [5, 5.41) is 7.82. The van der Waals surface area contributed by atoms with Crippen molar-refractivity contribution in [3.63, 3.8) is 0 Å². The Morgan fingerprint density at radius 1 is 1.33 bits per heavy atom. The number of nitrogens with zero attached hydrogens (tertiary/aromatic N) is 1. The standard InChI is InChI=1S/C13H14Br2N2S/c1-2-5-16-12(9-7-18-8-11(9)15)13-10(14)4-3-6-17-13/h3-4,6-8,12,16H,2,5H2,1H3. The van der Waals surface area contributed by atoms with E-state index in [9.17, 15) is 0 Å². The maximum atomic E-state index is 4.50. The lowest BCUT2D eigenvalue weighted by Gasteiger charge is -2.19. The Balaban J connectivity index is 2.37. The summed E-state index contributed by atoms with van der Waals surface area (Å²) in [5.41, 5.74) is 2.28. The van der Waals surface area contributed by atoms with Gasteiger partial charge in [0.15, 0.2) is 0 Å². The Labute approximate surface area is 128 Å². The molecule has 0 saturated carbocycles. The van der Waals surface area contributed by atoms with Gasteiger partial charge in [-0.25, -0.2) is 0 Å². The van der Waals surface area contributed by atoms with Crippen LogP contribution in [0.2, 0.25) is 0 Å². The molecule has 1 N–H and O–H groups in total. The molecule has 2 heterocycles. The van der Waals surface area contributed by atoms with Gasteiger partial charge in [0, 0.05) is 26.1 Å². The maximum Gasteiger partial charge on any atom is 0.0782 e. The molecule has 0 fully saturated rings. The molecule has 0 saturated heterocycles. The van der Waals surface area contributed by atoms with E-state index in [-0.39, 0.29) is 6.04 Å². The van der Waals surface area contributed by atoms with E-state index in [1.165, 1.54) is 5.56 Å². The second-order valence-corrected chi connectivity index (χ2v) is 6.38. The minimum Gasteiger partial charge on any atom is -0.305 e. The van der Waals surface area contributed by atoms with Crippen molar-refractivity contribution in [2.24, 2.45) is 0 Å². The summed E-state index contributed by atoms with van der Waals surface area (Å²) in [6.45, 7) is 3.14. The monoisotopic (exact) mass is 388 g/mol. The van der Waals surface area contributed by atoms with Crippen LogP contribution < -0.4 is 5.32 Å². The van der Waals surface area contributed by atoms with Crippen molar-refractivity contribution in [1.82, 2.24) is 10.3 Å². The molecular weight excluding hydrogens is 376 g/mol. The third kappa shape index (κ3) is 3.20. The van der Waals surface area contributed by atoms with Crippen LogP contribution in [0.1, 0.15) is 30.6 Å². The maximum absolute atomic E-state index is 4.50. The number of thiophene rings is 1. The van der Waals surface area contributed by atoms with Crippen molar-refractivity contribution < 1.29 is 0 Å². The molecule has 96 valence electrons. The number of nitrogens with one attached hydrogen (secondary N) is 1. The van der Waals surface area contributed by atoms with Crippen molar-refractivity contribution >= 4 is 43.2 Å². The average molecular weight is 390 g/mol. The number of aromatic nitrogens is 1. The van der Waals surface area contributed by atoms with Gasteiger partial charge in [-0.3, -0.25) is 4.98 Å². The molecule has 0 aliphatic carbocycles. The molecule has 0 bridgehead atoms. The van der Waals surface area contributed by atoms with Crippen molar-refractivity contribution in [1.29, 1.82) is 0 Å². The van der Waals surface area contributed by atoms with Gasteiger partial charge in [-0.15, -0.1) is 0 Å². The summed E-state index contributed by atoms with van der Waals surface area (Å²) in [6, 6.07) is 4.09. The first-order valence-electron chi connectivity index (χ1n) is 5.79. The van der Waals surface area contributed by atoms with Crippen molar-refractivity contribution in [2.45, 2.75) is 19.4 Å². The molecule has 18 heavy (non-hydrogen) atoms. The highest BCUT2D eigenvalue weighted by Gasteiger charge is 2.20. The van der Waals surface area contributed by atoms with Crippen LogP contribution >= 0.6 is 43.2 Å². The van der Waals surface area contributed by atoms with Gasteiger partial charge >= 0.3 is 0 Å². The van der Waals surface area contributed by atoms with E-state index in [4.69, 9.17) is 0 Å². The van der Waals surface area contributed by atoms with E-state index < -0.39 is 0 Å². The van der Waals surface area contributed by atoms with E-state index in [2.05, 4.69) is 59.8 Å². The first kappa shape index (κ1) is 14.2. The number of hydrogen-bond acceptors (Lipinski definition) is 3. The third-order valence-corrected chi connectivity index (χ3v) is 5.03. The Morgan fingerprint density at radius 2 is 2.17 bits per heavy atom. The predicted molar refractivity (Wildman–Crippen MR) is 84.1 cm³/mol. The van der Waals surface area contributed by atoms with Crippen LogP contribution in [0, 0.1) is 0 Å². The Bertz CT molecular complexity index is 513. The summed E-state index contributed by atoms with van der Waals surface area (Å²) >= 11 is 8.89. The molecule has 2 aromatic rings. The summed E-state index contributed by atoms with van der Waals surface area (Å²) in [7, 11) is 0. The Kier molecular flexibility index (Phi) is 5.36. The molecule has 0 spiro atoms. The molecular formula is C13H14Br2N2S. The molecule has 5 heteroatoms. The van der Waals surface area contributed by atoms with E-state index in [0.29, 0.717) is 0 Å². The van der Waals surface area contributed by atoms with Gasteiger partial charge in [-0.1, -0.05) is 6.92 Å². The molecule has 0 aliphatic rings. The van der Waals surface area contributed by atoms with Gasteiger partial charge in [-0.05, 0) is 62.3 Å². The number of rotatable bonds is 5. The average Bonchev–Trinajstić information content (AvgIpc) is 2.78. The molecule has 2 rings (SSSR count). The molecule has 2 aromatic heterocycles. The normalized spacial score (nSPS) is 12.6. The van der Waals surface area contributed by atoms with E-state index >= 15 is 0 Å². The molecule has 0 aliphatic heterocycles. The first-order chi connectivity index (χ1) is 8.74. The third-order valence-electron chi connectivity index (χ3n) is 2.61. The fraction of sp³-hybridized carbons (Fsp3) is 0.308. The number of pyridine rings is 1. The zero-order chi connectivity index (χ0) is 13.0. The van der Waals surface area contributed by atoms with Crippen LogP contribution in [-0.2, 0) is 0 Å². The molecule has 0 aromatic carbocycles. The van der Waals surface area contributed by atoms with Gasteiger partial charge < -0.3 is 5.32 Å². The van der Waals surface area contributed by atoms with Crippen LogP contribution in [0.15, 0.2) is 38.0 Å². The van der Waals surface area contributed by atoms with Crippen LogP contribution in [-0.4, -0.2) is 11.5 Å². The smallest absolute Gasteiger partial charge is 0.0782 e. The SMILES string of the molecule is CCCNC(c1cscc1Br)c1ncccc1Br. The van der Waals surface area contributed by atoms with Crippen LogP contribution in [0.3, 0.4) is 0 Å². The topological polar surface area (TPSA) is 24.9 Å². The fourth-order valence-electron chi connectivity index (χ4n) is 1.75. The lowest BCUT2D eigenvalue weighted by Crippen LogP contribution is -2.24. The number of hydrogen-bond donors (Lipinski definition) is 1.